The van der Waals surface area contributed by atoms with Gasteiger partial charge in [0.05, 0.1) is 6.04 Å². The van der Waals surface area contributed by atoms with Crippen LogP contribution in [0.15, 0.2) is 67.4 Å². The molecule has 0 saturated carbocycles. The number of aromatic nitrogens is 3. The Bertz CT molecular complexity index is 788. The zero-order valence-corrected chi connectivity index (χ0v) is 13.3. The normalized spacial score (nSPS) is 11.7. The number of hydrogen-bond acceptors (Lipinski definition) is 4. The molecule has 0 unspecified atom stereocenters. The van der Waals surface area contributed by atoms with E-state index in [1.54, 1.807) is 41.6 Å². The van der Waals surface area contributed by atoms with Gasteiger partial charge in [-0.2, -0.15) is 0 Å². The van der Waals surface area contributed by atoms with Crippen LogP contribution < -0.4 is 10.1 Å². The summed E-state index contributed by atoms with van der Waals surface area (Å²) in [7, 11) is 0. The molecule has 6 nitrogen and oxygen atoms in total. The highest BCUT2D eigenvalue weighted by Crippen LogP contribution is 2.09. The van der Waals surface area contributed by atoms with Crippen LogP contribution in [0.25, 0.3) is 5.82 Å². The van der Waals surface area contributed by atoms with Crippen molar-refractivity contribution in [1.82, 2.24) is 19.9 Å². The number of nitrogens with zero attached hydrogens (tertiary/aromatic N) is 3. The summed E-state index contributed by atoms with van der Waals surface area (Å²) in [6.07, 6.45) is 6.69. The molecule has 1 aromatic carbocycles. The number of carbonyl (C=O) groups is 1. The van der Waals surface area contributed by atoms with E-state index in [4.69, 9.17) is 4.74 Å². The molecule has 0 radical (unpaired) electrons. The summed E-state index contributed by atoms with van der Waals surface area (Å²) >= 11 is 0. The number of amides is 1. The highest BCUT2D eigenvalue weighted by atomic mass is 16.5. The lowest BCUT2D eigenvalue weighted by Gasteiger charge is -2.15. The minimum absolute atomic E-state index is 0.123. The Morgan fingerprint density at radius 3 is 2.83 bits per heavy atom. The maximum atomic E-state index is 12.4. The van der Waals surface area contributed by atoms with Crippen molar-refractivity contribution in [1.29, 1.82) is 0 Å². The standard InChI is InChI=1S/C18H18N4O2/c1-14(12-24-16-5-3-2-4-6-16)21-18(23)15-7-8-20-17(11-15)22-10-9-19-13-22/h2-11,13-14H,12H2,1H3,(H,21,23)/t14-/m0/s1. The van der Waals surface area contributed by atoms with Crippen LogP contribution in [-0.4, -0.2) is 33.1 Å². The Balaban J connectivity index is 1.59. The van der Waals surface area contributed by atoms with Gasteiger partial charge in [0.2, 0.25) is 0 Å². The first kappa shape index (κ1) is 15.7. The maximum absolute atomic E-state index is 12.4. The van der Waals surface area contributed by atoms with Crippen molar-refractivity contribution in [2.24, 2.45) is 0 Å². The van der Waals surface area contributed by atoms with Crippen LogP contribution in [0.2, 0.25) is 0 Å². The molecule has 0 fully saturated rings. The van der Waals surface area contributed by atoms with E-state index in [1.807, 2.05) is 37.3 Å². The molecular weight excluding hydrogens is 304 g/mol. The van der Waals surface area contributed by atoms with Crippen molar-refractivity contribution in [3.05, 3.63) is 72.9 Å². The van der Waals surface area contributed by atoms with Crippen LogP contribution >= 0.6 is 0 Å². The number of imidazole rings is 1. The number of rotatable bonds is 6. The minimum Gasteiger partial charge on any atom is -0.491 e. The first-order valence-corrected chi connectivity index (χ1v) is 7.65. The van der Waals surface area contributed by atoms with Crippen molar-refractivity contribution in [3.63, 3.8) is 0 Å². The molecule has 1 amide bonds. The van der Waals surface area contributed by atoms with Gasteiger partial charge in [0.15, 0.2) is 0 Å². The van der Waals surface area contributed by atoms with E-state index in [9.17, 15) is 4.79 Å². The van der Waals surface area contributed by atoms with Gasteiger partial charge < -0.3 is 10.1 Å². The summed E-state index contributed by atoms with van der Waals surface area (Å²) < 4.78 is 7.40. The van der Waals surface area contributed by atoms with Gasteiger partial charge in [-0.3, -0.25) is 9.36 Å². The van der Waals surface area contributed by atoms with Gasteiger partial charge in [-0.05, 0) is 31.2 Å². The average Bonchev–Trinajstić information content (AvgIpc) is 3.16. The van der Waals surface area contributed by atoms with Crippen molar-refractivity contribution in [2.45, 2.75) is 13.0 Å². The number of carbonyl (C=O) groups excluding carboxylic acids is 1. The van der Waals surface area contributed by atoms with Gasteiger partial charge in [0.1, 0.15) is 24.5 Å². The number of pyridine rings is 1. The number of nitrogens with one attached hydrogen (secondary N) is 1. The second-order valence-electron chi connectivity index (χ2n) is 5.37. The highest BCUT2D eigenvalue weighted by molar-refractivity contribution is 5.94. The van der Waals surface area contributed by atoms with Crippen LogP contribution in [-0.2, 0) is 0 Å². The molecule has 1 N–H and O–H groups in total. The van der Waals surface area contributed by atoms with Gasteiger partial charge in [-0.25, -0.2) is 9.97 Å². The van der Waals surface area contributed by atoms with Crippen LogP contribution in [0, 0.1) is 0 Å². The van der Waals surface area contributed by atoms with Crippen LogP contribution in [0.5, 0.6) is 5.75 Å². The molecule has 0 bridgehead atoms. The first-order chi connectivity index (χ1) is 11.7. The largest absolute Gasteiger partial charge is 0.491 e. The molecule has 2 aromatic heterocycles. The van der Waals surface area contributed by atoms with Crippen molar-refractivity contribution in [3.8, 4) is 11.6 Å². The van der Waals surface area contributed by atoms with Gasteiger partial charge in [-0.15, -0.1) is 0 Å². The molecule has 1 atom stereocenters. The fourth-order valence-corrected chi connectivity index (χ4v) is 2.18. The Morgan fingerprint density at radius 2 is 2.08 bits per heavy atom. The fraction of sp³-hybridized carbons (Fsp3) is 0.167. The summed E-state index contributed by atoms with van der Waals surface area (Å²) in [5, 5.41) is 2.92. The van der Waals surface area contributed by atoms with Gasteiger partial charge in [0, 0.05) is 24.2 Å². The summed E-state index contributed by atoms with van der Waals surface area (Å²) in [6.45, 7) is 2.30. The first-order valence-electron chi connectivity index (χ1n) is 7.65. The molecule has 122 valence electrons. The third kappa shape index (κ3) is 3.98. The Hall–Kier alpha value is -3.15. The zero-order valence-electron chi connectivity index (χ0n) is 13.3. The van der Waals surface area contributed by atoms with E-state index >= 15 is 0 Å². The topological polar surface area (TPSA) is 69.0 Å². The Morgan fingerprint density at radius 1 is 1.25 bits per heavy atom. The van der Waals surface area contributed by atoms with E-state index in [0.29, 0.717) is 18.0 Å². The Labute approximate surface area is 140 Å². The third-order valence-electron chi connectivity index (χ3n) is 3.40. The minimum atomic E-state index is -0.164. The molecule has 6 heteroatoms. The van der Waals surface area contributed by atoms with E-state index < -0.39 is 0 Å². The Kier molecular flexibility index (Phi) is 4.86. The van der Waals surface area contributed by atoms with Crippen molar-refractivity contribution in [2.75, 3.05) is 6.61 Å². The summed E-state index contributed by atoms with van der Waals surface area (Å²) in [5.41, 5.74) is 0.542. The predicted molar refractivity (Wildman–Crippen MR) is 90.2 cm³/mol. The van der Waals surface area contributed by atoms with Crippen LogP contribution in [0.3, 0.4) is 0 Å². The molecule has 0 spiro atoms. The number of para-hydroxylation sites is 1. The SMILES string of the molecule is C[C@@H](COc1ccccc1)NC(=O)c1ccnc(-n2ccnc2)c1. The smallest absolute Gasteiger partial charge is 0.251 e. The molecule has 0 aliphatic heterocycles. The molecular formula is C18H18N4O2. The van der Waals surface area contributed by atoms with Crippen molar-refractivity contribution >= 4 is 5.91 Å². The summed E-state index contributed by atoms with van der Waals surface area (Å²) in [4.78, 5) is 20.6. The van der Waals surface area contributed by atoms with Gasteiger partial charge >= 0.3 is 0 Å². The molecule has 0 aliphatic rings. The molecule has 0 saturated heterocycles. The highest BCUT2D eigenvalue weighted by Gasteiger charge is 2.11. The number of ether oxygens (including phenoxy) is 1. The lowest BCUT2D eigenvalue weighted by Crippen LogP contribution is -2.36. The lowest BCUT2D eigenvalue weighted by atomic mass is 10.2. The lowest BCUT2D eigenvalue weighted by molar-refractivity contribution is 0.0926. The molecule has 2 heterocycles. The van der Waals surface area contributed by atoms with E-state index in [0.717, 1.165) is 5.75 Å². The van der Waals surface area contributed by atoms with Crippen LogP contribution in [0.1, 0.15) is 17.3 Å². The molecule has 3 aromatic rings. The van der Waals surface area contributed by atoms with E-state index in [2.05, 4.69) is 15.3 Å². The summed E-state index contributed by atoms with van der Waals surface area (Å²) in [6, 6.07) is 12.8. The molecule has 3 rings (SSSR count). The quantitative estimate of drug-likeness (QED) is 0.757. The number of hydrogen-bond donors (Lipinski definition) is 1. The van der Waals surface area contributed by atoms with Crippen LogP contribution in [0.4, 0.5) is 0 Å². The van der Waals surface area contributed by atoms with E-state index in [-0.39, 0.29) is 11.9 Å². The molecule has 24 heavy (non-hydrogen) atoms. The number of benzene rings is 1. The fourth-order valence-electron chi connectivity index (χ4n) is 2.18. The monoisotopic (exact) mass is 322 g/mol. The third-order valence-corrected chi connectivity index (χ3v) is 3.40. The summed E-state index contributed by atoms with van der Waals surface area (Å²) in [5.74, 6) is 1.26. The van der Waals surface area contributed by atoms with E-state index in [1.165, 1.54) is 0 Å². The maximum Gasteiger partial charge on any atom is 0.251 e. The zero-order chi connectivity index (χ0) is 16.8. The van der Waals surface area contributed by atoms with Gasteiger partial charge in [0.25, 0.3) is 5.91 Å². The predicted octanol–water partition coefficient (Wildman–Crippen LogP) is 2.46. The van der Waals surface area contributed by atoms with Gasteiger partial charge in [-0.1, -0.05) is 18.2 Å². The average molecular weight is 322 g/mol. The van der Waals surface area contributed by atoms with Crippen molar-refractivity contribution < 1.29 is 9.53 Å². The second-order valence-corrected chi connectivity index (χ2v) is 5.37. The second kappa shape index (κ2) is 7.41. The molecule has 0 aliphatic carbocycles.